The zero-order valence-electron chi connectivity index (χ0n) is 13.3. The van der Waals surface area contributed by atoms with Crippen molar-refractivity contribution in [2.24, 2.45) is 5.92 Å². The number of amides is 1. The van der Waals surface area contributed by atoms with Crippen LogP contribution in [-0.2, 0) is 0 Å². The summed E-state index contributed by atoms with van der Waals surface area (Å²) in [6.07, 6.45) is 0.867. The highest BCUT2D eigenvalue weighted by Crippen LogP contribution is 2.36. The fraction of sp³-hybridized carbons (Fsp3) is 0.562. The lowest BCUT2D eigenvalue weighted by Gasteiger charge is -2.16. The average Bonchev–Trinajstić information content (AvgIpc) is 2.44. The maximum Gasteiger partial charge on any atom is 0.251 e. The molecule has 21 heavy (non-hydrogen) atoms. The van der Waals surface area contributed by atoms with E-state index in [9.17, 15) is 4.79 Å². The number of nitrogens with one attached hydrogen (secondary N) is 1. The smallest absolute Gasteiger partial charge is 0.251 e. The lowest BCUT2D eigenvalue weighted by Crippen LogP contribution is -2.31. The largest absolute Gasteiger partial charge is 0.493 e. The van der Waals surface area contributed by atoms with Crippen molar-refractivity contribution < 1.29 is 14.3 Å². The summed E-state index contributed by atoms with van der Waals surface area (Å²) in [7, 11) is 1.53. The molecular weight excluding hydrogens is 290 g/mol. The third kappa shape index (κ3) is 5.12. The van der Waals surface area contributed by atoms with E-state index in [0.29, 0.717) is 34.6 Å². The molecule has 0 aromatic heterocycles. The van der Waals surface area contributed by atoms with Gasteiger partial charge in [0.15, 0.2) is 11.5 Å². The van der Waals surface area contributed by atoms with E-state index < -0.39 is 0 Å². The third-order valence-electron chi connectivity index (χ3n) is 3.04. The van der Waals surface area contributed by atoms with Crippen LogP contribution in [-0.4, -0.2) is 25.7 Å². The zero-order valence-corrected chi connectivity index (χ0v) is 14.1. The molecule has 1 N–H and O–H groups in total. The molecule has 1 aromatic rings. The molecule has 0 radical (unpaired) electrons. The van der Waals surface area contributed by atoms with Gasteiger partial charge in [-0.2, -0.15) is 0 Å². The van der Waals surface area contributed by atoms with E-state index in [1.54, 1.807) is 12.1 Å². The lowest BCUT2D eigenvalue weighted by molar-refractivity contribution is 0.0939. The molecule has 1 rings (SSSR count). The fourth-order valence-corrected chi connectivity index (χ4v) is 1.92. The summed E-state index contributed by atoms with van der Waals surface area (Å²) < 4.78 is 11.0. The van der Waals surface area contributed by atoms with E-state index in [4.69, 9.17) is 21.1 Å². The summed E-state index contributed by atoms with van der Waals surface area (Å²) in [5.74, 6) is 1.16. The zero-order chi connectivity index (χ0) is 16.0. The number of ether oxygens (including phenoxy) is 2. The minimum absolute atomic E-state index is 0.110. The third-order valence-corrected chi connectivity index (χ3v) is 3.32. The molecule has 0 heterocycles. The van der Waals surface area contributed by atoms with Gasteiger partial charge < -0.3 is 14.8 Å². The second-order valence-corrected chi connectivity index (χ2v) is 5.88. The van der Waals surface area contributed by atoms with Crippen LogP contribution < -0.4 is 14.8 Å². The molecule has 4 nitrogen and oxygen atoms in total. The summed E-state index contributed by atoms with van der Waals surface area (Å²) in [6, 6.07) is 3.37. The van der Waals surface area contributed by atoms with Gasteiger partial charge in [0.05, 0.1) is 18.7 Å². The Labute approximate surface area is 131 Å². The predicted molar refractivity (Wildman–Crippen MR) is 85.6 cm³/mol. The SMILES string of the molecule is CCC(C)NC(=O)c1cc(Cl)c(OCC(C)C)c(OC)c1. The van der Waals surface area contributed by atoms with E-state index in [-0.39, 0.29) is 11.9 Å². The Morgan fingerprint density at radius 2 is 2.00 bits per heavy atom. The molecule has 0 saturated heterocycles. The number of hydrogen-bond donors (Lipinski definition) is 1. The minimum Gasteiger partial charge on any atom is -0.493 e. The van der Waals surface area contributed by atoms with Crippen LogP contribution in [0.5, 0.6) is 11.5 Å². The number of halogens is 1. The highest BCUT2D eigenvalue weighted by atomic mass is 35.5. The number of carbonyl (C=O) groups excluding carboxylic acids is 1. The fourth-order valence-electron chi connectivity index (χ4n) is 1.65. The topological polar surface area (TPSA) is 47.6 Å². The van der Waals surface area contributed by atoms with Crippen LogP contribution in [0.15, 0.2) is 12.1 Å². The van der Waals surface area contributed by atoms with E-state index in [2.05, 4.69) is 5.32 Å². The van der Waals surface area contributed by atoms with Gasteiger partial charge in [0.25, 0.3) is 5.91 Å². The first kappa shape index (κ1) is 17.6. The van der Waals surface area contributed by atoms with Crippen molar-refractivity contribution in [3.8, 4) is 11.5 Å². The Morgan fingerprint density at radius 1 is 1.33 bits per heavy atom. The lowest BCUT2D eigenvalue weighted by atomic mass is 10.1. The minimum atomic E-state index is -0.167. The van der Waals surface area contributed by atoms with Crippen molar-refractivity contribution in [3.05, 3.63) is 22.7 Å². The summed E-state index contributed by atoms with van der Waals surface area (Å²) in [5, 5.41) is 3.28. The van der Waals surface area contributed by atoms with Gasteiger partial charge in [-0.3, -0.25) is 4.79 Å². The molecule has 1 aromatic carbocycles. The first-order chi connectivity index (χ1) is 9.88. The van der Waals surface area contributed by atoms with Crippen LogP contribution >= 0.6 is 11.6 Å². The molecule has 118 valence electrons. The van der Waals surface area contributed by atoms with E-state index in [1.165, 1.54) is 7.11 Å². The number of benzene rings is 1. The standard InChI is InChI=1S/C16H24ClNO3/c1-6-11(4)18-16(19)12-7-13(17)15(14(8-12)20-5)21-9-10(2)3/h7-8,10-11H,6,9H2,1-5H3,(H,18,19). The van der Waals surface area contributed by atoms with Gasteiger partial charge in [-0.15, -0.1) is 0 Å². The number of carbonyl (C=O) groups is 1. The molecule has 0 aliphatic rings. The first-order valence-corrected chi connectivity index (χ1v) is 7.58. The van der Waals surface area contributed by atoms with Crippen molar-refractivity contribution in [2.45, 2.75) is 40.2 Å². The molecule has 0 aliphatic carbocycles. The Bertz CT molecular complexity index is 489. The first-order valence-electron chi connectivity index (χ1n) is 7.20. The number of rotatable bonds is 7. The van der Waals surface area contributed by atoms with Gasteiger partial charge in [0, 0.05) is 11.6 Å². The van der Waals surface area contributed by atoms with Crippen molar-refractivity contribution in [2.75, 3.05) is 13.7 Å². The van der Waals surface area contributed by atoms with Crippen LogP contribution in [0.25, 0.3) is 0 Å². The predicted octanol–water partition coefficient (Wildman–Crippen LogP) is 3.91. The monoisotopic (exact) mass is 313 g/mol. The van der Waals surface area contributed by atoms with Crippen molar-refractivity contribution in [1.82, 2.24) is 5.32 Å². The van der Waals surface area contributed by atoms with Crippen LogP contribution in [0.2, 0.25) is 5.02 Å². The molecule has 1 amide bonds. The second kappa shape index (κ2) is 8.13. The molecule has 0 spiro atoms. The average molecular weight is 314 g/mol. The number of methoxy groups -OCH3 is 1. The molecular formula is C16H24ClNO3. The van der Waals surface area contributed by atoms with Crippen molar-refractivity contribution in [1.29, 1.82) is 0 Å². The molecule has 0 saturated carbocycles. The normalized spacial score (nSPS) is 12.1. The van der Waals surface area contributed by atoms with Crippen LogP contribution in [0.4, 0.5) is 0 Å². The van der Waals surface area contributed by atoms with E-state index in [0.717, 1.165) is 6.42 Å². The summed E-state index contributed by atoms with van der Waals surface area (Å²) in [5.41, 5.74) is 0.467. The summed E-state index contributed by atoms with van der Waals surface area (Å²) in [4.78, 5) is 12.1. The highest BCUT2D eigenvalue weighted by molar-refractivity contribution is 6.32. The Balaban J connectivity index is 3.00. The maximum absolute atomic E-state index is 12.1. The molecule has 0 fully saturated rings. The Morgan fingerprint density at radius 3 is 2.52 bits per heavy atom. The Hall–Kier alpha value is -1.42. The van der Waals surface area contributed by atoms with Gasteiger partial charge >= 0.3 is 0 Å². The van der Waals surface area contributed by atoms with Gasteiger partial charge in [-0.05, 0) is 31.4 Å². The molecule has 1 atom stereocenters. The second-order valence-electron chi connectivity index (χ2n) is 5.48. The van der Waals surface area contributed by atoms with Crippen LogP contribution in [0.1, 0.15) is 44.5 Å². The van der Waals surface area contributed by atoms with Crippen LogP contribution in [0, 0.1) is 5.92 Å². The van der Waals surface area contributed by atoms with Crippen molar-refractivity contribution in [3.63, 3.8) is 0 Å². The van der Waals surface area contributed by atoms with Gasteiger partial charge in [-0.1, -0.05) is 32.4 Å². The summed E-state index contributed by atoms with van der Waals surface area (Å²) in [6.45, 7) is 8.61. The van der Waals surface area contributed by atoms with E-state index in [1.807, 2.05) is 27.7 Å². The molecule has 1 unspecified atom stereocenters. The Kier molecular flexibility index (Phi) is 6.82. The van der Waals surface area contributed by atoms with Crippen molar-refractivity contribution >= 4 is 17.5 Å². The van der Waals surface area contributed by atoms with Crippen LogP contribution in [0.3, 0.4) is 0 Å². The maximum atomic E-state index is 12.1. The molecule has 0 bridgehead atoms. The molecule has 5 heteroatoms. The van der Waals surface area contributed by atoms with Gasteiger partial charge in [-0.25, -0.2) is 0 Å². The summed E-state index contributed by atoms with van der Waals surface area (Å²) >= 11 is 6.23. The quantitative estimate of drug-likeness (QED) is 0.830. The van der Waals surface area contributed by atoms with Gasteiger partial charge in [0.1, 0.15) is 0 Å². The molecule has 0 aliphatic heterocycles. The van der Waals surface area contributed by atoms with Gasteiger partial charge in [0.2, 0.25) is 0 Å². The number of hydrogen-bond acceptors (Lipinski definition) is 3. The highest BCUT2D eigenvalue weighted by Gasteiger charge is 2.17. The van der Waals surface area contributed by atoms with E-state index >= 15 is 0 Å².